The fourth-order valence-corrected chi connectivity index (χ4v) is 3.19. The van der Waals surface area contributed by atoms with Gasteiger partial charge in [0.1, 0.15) is 5.65 Å². The fraction of sp³-hybridized carbons (Fsp3) is 0.167. The van der Waals surface area contributed by atoms with Crippen LogP contribution in [0, 0.1) is 0 Å². The highest BCUT2D eigenvalue weighted by Crippen LogP contribution is 2.24. The van der Waals surface area contributed by atoms with Crippen molar-refractivity contribution in [3.05, 3.63) is 73.2 Å². The Morgan fingerprint density at radius 1 is 1.22 bits per heavy atom. The average molecular weight is 470 g/mol. The van der Waals surface area contributed by atoms with Crippen LogP contribution in [0.1, 0.15) is 5.69 Å². The van der Waals surface area contributed by atoms with Gasteiger partial charge in [-0.25, -0.2) is 4.98 Å². The van der Waals surface area contributed by atoms with Crippen LogP contribution in [-0.4, -0.2) is 33.8 Å². The van der Waals surface area contributed by atoms with Gasteiger partial charge in [-0.2, -0.15) is 0 Å². The van der Waals surface area contributed by atoms with Gasteiger partial charge in [0.05, 0.1) is 22.3 Å². The van der Waals surface area contributed by atoms with Crippen LogP contribution >= 0.6 is 39.1 Å². The Labute approximate surface area is 173 Å². The highest BCUT2D eigenvalue weighted by molar-refractivity contribution is 9.10. The predicted octanol–water partition coefficient (Wildman–Crippen LogP) is 3.83. The first-order valence-electron chi connectivity index (χ1n) is 7.93. The van der Waals surface area contributed by atoms with Gasteiger partial charge in [-0.1, -0.05) is 23.2 Å². The van der Waals surface area contributed by atoms with Gasteiger partial charge in [0, 0.05) is 29.0 Å². The van der Waals surface area contributed by atoms with Gasteiger partial charge in [-0.15, -0.1) is 0 Å². The second kappa shape index (κ2) is 8.39. The molecule has 0 spiro atoms. The number of halogens is 3. The molecule has 1 amide bonds. The number of hydrogen-bond donors (Lipinski definition) is 1. The second-order valence-electron chi connectivity index (χ2n) is 6.01. The molecule has 0 bridgehead atoms. The molecule has 0 atom stereocenters. The van der Waals surface area contributed by atoms with Crippen molar-refractivity contribution < 1.29 is 4.79 Å². The zero-order valence-corrected chi connectivity index (χ0v) is 17.3. The Hall–Kier alpha value is -1.93. The number of rotatable bonds is 5. The SMILES string of the molecule is CN(CC(=O)Nc1ccc(Cl)c(Cl)c1)Cc1cc(=O)n2cc(Br)ccc2n1. The molecule has 0 radical (unpaired) electrons. The number of nitrogens with one attached hydrogen (secondary N) is 1. The quantitative estimate of drug-likeness (QED) is 0.616. The molecule has 0 saturated carbocycles. The third kappa shape index (κ3) is 5.07. The maximum Gasteiger partial charge on any atom is 0.258 e. The Balaban J connectivity index is 1.66. The molecule has 2 heterocycles. The van der Waals surface area contributed by atoms with E-state index >= 15 is 0 Å². The van der Waals surface area contributed by atoms with Crippen LogP contribution in [0.5, 0.6) is 0 Å². The van der Waals surface area contributed by atoms with Crippen molar-refractivity contribution in [2.24, 2.45) is 0 Å². The number of anilines is 1. The lowest BCUT2D eigenvalue weighted by atomic mass is 10.3. The Morgan fingerprint density at radius 3 is 2.74 bits per heavy atom. The summed E-state index contributed by atoms with van der Waals surface area (Å²) in [6.45, 7) is 0.484. The zero-order chi connectivity index (χ0) is 19.6. The van der Waals surface area contributed by atoms with Crippen molar-refractivity contribution in [3.8, 4) is 0 Å². The minimum Gasteiger partial charge on any atom is -0.325 e. The molecule has 27 heavy (non-hydrogen) atoms. The number of benzene rings is 1. The number of amides is 1. The lowest BCUT2D eigenvalue weighted by molar-refractivity contribution is -0.117. The smallest absolute Gasteiger partial charge is 0.258 e. The van der Waals surface area contributed by atoms with E-state index in [0.29, 0.717) is 33.6 Å². The van der Waals surface area contributed by atoms with E-state index in [0.717, 1.165) is 4.47 Å². The molecular formula is C18H15BrCl2N4O2. The van der Waals surface area contributed by atoms with E-state index in [9.17, 15) is 9.59 Å². The van der Waals surface area contributed by atoms with Gasteiger partial charge in [0.15, 0.2) is 0 Å². The molecular weight excluding hydrogens is 455 g/mol. The summed E-state index contributed by atoms with van der Waals surface area (Å²) in [4.78, 5) is 30.7. The molecule has 0 fully saturated rings. The maximum absolute atomic E-state index is 12.2. The van der Waals surface area contributed by atoms with E-state index in [1.165, 1.54) is 10.5 Å². The number of nitrogens with zero attached hydrogens (tertiary/aromatic N) is 3. The minimum atomic E-state index is -0.211. The summed E-state index contributed by atoms with van der Waals surface area (Å²) >= 11 is 15.1. The number of pyridine rings is 1. The molecule has 6 nitrogen and oxygen atoms in total. The lowest BCUT2D eigenvalue weighted by Gasteiger charge is -2.16. The molecule has 1 N–H and O–H groups in total. The molecule has 9 heteroatoms. The van der Waals surface area contributed by atoms with Crippen molar-refractivity contribution in [1.82, 2.24) is 14.3 Å². The molecule has 0 unspecified atom stereocenters. The molecule has 0 aliphatic rings. The highest BCUT2D eigenvalue weighted by atomic mass is 79.9. The molecule has 2 aromatic heterocycles. The van der Waals surface area contributed by atoms with Crippen molar-refractivity contribution in [1.29, 1.82) is 0 Å². The molecule has 140 valence electrons. The normalized spacial score (nSPS) is 11.1. The second-order valence-corrected chi connectivity index (χ2v) is 7.74. The summed E-state index contributed by atoms with van der Waals surface area (Å²) in [6, 6.07) is 9.93. The number of carbonyl (C=O) groups is 1. The standard InChI is InChI=1S/C18H15BrCl2N4O2/c1-24(10-17(26)23-12-3-4-14(20)15(21)6-12)9-13-7-18(27)25-8-11(19)2-5-16(25)22-13/h2-8H,9-10H2,1H3,(H,23,26). The molecule has 0 saturated heterocycles. The summed E-state index contributed by atoms with van der Waals surface area (Å²) in [5.41, 5.74) is 1.53. The minimum absolute atomic E-state index is 0.127. The van der Waals surface area contributed by atoms with Crippen molar-refractivity contribution >= 4 is 56.4 Å². The monoisotopic (exact) mass is 468 g/mol. The number of aromatic nitrogens is 2. The zero-order valence-electron chi connectivity index (χ0n) is 14.2. The van der Waals surface area contributed by atoms with E-state index in [4.69, 9.17) is 23.2 Å². The largest absolute Gasteiger partial charge is 0.325 e. The number of hydrogen-bond acceptors (Lipinski definition) is 4. The van der Waals surface area contributed by atoms with Gasteiger partial charge < -0.3 is 5.32 Å². The predicted molar refractivity (Wildman–Crippen MR) is 111 cm³/mol. The van der Waals surface area contributed by atoms with Crippen molar-refractivity contribution in [2.75, 3.05) is 18.9 Å². The van der Waals surface area contributed by atoms with Crippen LogP contribution in [0.15, 0.2) is 51.9 Å². The Bertz CT molecular complexity index is 1070. The van der Waals surface area contributed by atoms with Crippen LogP contribution in [-0.2, 0) is 11.3 Å². The fourth-order valence-electron chi connectivity index (χ4n) is 2.56. The topological polar surface area (TPSA) is 66.7 Å². The molecule has 0 aliphatic heterocycles. The van der Waals surface area contributed by atoms with Crippen LogP contribution in [0.2, 0.25) is 10.0 Å². The Kier molecular flexibility index (Phi) is 6.16. The van der Waals surface area contributed by atoms with Crippen LogP contribution in [0.3, 0.4) is 0 Å². The first kappa shape index (κ1) is 19.8. The third-order valence-corrected chi connectivity index (χ3v) is 4.93. The summed E-state index contributed by atoms with van der Waals surface area (Å²) in [6.07, 6.45) is 1.67. The van der Waals surface area contributed by atoms with Gasteiger partial charge in [-0.05, 0) is 53.3 Å². The summed E-state index contributed by atoms with van der Waals surface area (Å²) < 4.78 is 2.26. The van der Waals surface area contributed by atoms with E-state index in [2.05, 4.69) is 26.2 Å². The summed E-state index contributed by atoms with van der Waals surface area (Å²) in [5.74, 6) is -0.211. The van der Waals surface area contributed by atoms with Crippen LogP contribution < -0.4 is 10.9 Å². The molecule has 3 aromatic rings. The first-order valence-corrected chi connectivity index (χ1v) is 9.48. The van der Waals surface area contributed by atoms with Crippen LogP contribution in [0.25, 0.3) is 5.65 Å². The van der Waals surface area contributed by atoms with Gasteiger partial charge >= 0.3 is 0 Å². The van der Waals surface area contributed by atoms with Crippen molar-refractivity contribution in [2.45, 2.75) is 6.54 Å². The average Bonchev–Trinajstić information content (AvgIpc) is 2.58. The number of fused-ring (bicyclic) bond motifs is 1. The van der Waals surface area contributed by atoms with Gasteiger partial charge in [-0.3, -0.25) is 18.9 Å². The third-order valence-electron chi connectivity index (χ3n) is 3.73. The van der Waals surface area contributed by atoms with Gasteiger partial charge in [0.2, 0.25) is 5.91 Å². The Morgan fingerprint density at radius 2 is 2.00 bits per heavy atom. The van der Waals surface area contributed by atoms with E-state index in [1.807, 2.05) is 6.07 Å². The van der Waals surface area contributed by atoms with Crippen molar-refractivity contribution in [3.63, 3.8) is 0 Å². The number of carbonyl (C=O) groups excluding carboxylic acids is 1. The van der Waals surface area contributed by atoms with Gasteiger partial charge in [0.25, 0.3) is 5.56 Å². The molecule has 1 aromatic carbocycles. The highest BCUT2D eigenvalue weighted by Gasteiger charge is 2.11. The van der Waals surface area contributed by atoms with E-state index in [1.54, 1.807) is 42.4 Å². The number of likely N-dealkylation sites (N-methyl/N-ethyl adjacent to an activating group) is 1. The molecule has 0 aliphatic carbocycles. The lowest BCUT2D eigenvalue weighted by Crippen LogP contribution is -2.30. The first-order chi connectivity index (χ1) is 12.8. The summed E-state index contributed by atoms with van der Waals surface area (Å²) in [7, 11) is 1.78. The summed E-state index contributed by atoms with van der Waals surface area (Å²) in [5, 5.41) is 3.55. The van der Waals surface area contributed by atoms with Crippen LogP contribution in [0.4, 0.5) is 5.69 Å². The van der Waals surface area contributed by atoms with E-state index < -0.39 is 0 Å². The maximum atomic E-state index is 12.2. The molecule has 3 rings (SSSR count). The van der Waals surface area contributed by atoms with E-state index in [-0.39, 0.29) is 18.0 Å².